The van der Waals surface area contributed by atoms with Gasteiger partial charge in [0.25, 0.3) is 12.1 Å². The van der Waals surface area contributed by atoms with E-state index in [1.807, 2.05) is 0 Å². The summed E-state index contributed by atoms with van der Waals surface area (Å²) in [6.07, 6.45) is -3.14. The number of carbonyl (C=O) groups excluding carboxylic acids is 1. The number of benzene rings is 1. The lowest BCUT2D eigenvalue weighted by Crippen LogP contribution is -2.44. The Labute approximate surface area is 165 Å². The number of anilines is 1. The maximum absolute atomic E-state index is 12.6. The summed E-state index contributed by atoms with van der Waals surface area (Å²) >= 11 is 0. The molecule has 1 aromatic heterocycles. The van der Waals surface area contributed by atoms with E-state index >= 15 is 0 Å². The third kappa shape index (κ3) is 5.73. The van der Waals surface area contributed by atoms with Crippen molar-refractivity contribution in [2.24, 2.45) is 0 Å². The van der Waals surface area contributed by atoms with Crippen LogP contribution in [0.3, 0.4) is 0 Å². The number of aliphatic hydroxyl groups is 3. The van der Waals surface area contributed by atoms with Crippen molar-refractivity contribution < 1.29 is 42.6 Å². The second-order valence-electron chi connectivity index (χ2n) is 6.20. The second kappa shape index (κ2) is 9.79. The van der Waals surface area contributed by atoms with E-state index in [9.17, 15) is 23.1 Å². The zero-order valence-corrected chi connectivity index (χ0v) is 15.5. The van der Waals surface area contributed by atoms with E-state index in [0.717, 1.165) is 19.2 Å². The van der Waals surface area contributed by atoms with Crippen LogP contribution in [-0.4, -0.2) is 47.2 Å². The summed E-state index contributed by atoms with van der Waals surface area (Å²) in [4.78, 5) is 12.4. The Morgan fingerprint density at radius 2 is 1.90 bits per heavy atom. The summed E-state index contributed by atoms with van der Waals surface area (Å²) in [5.74, 6) is -0.518. The highest BCUT2D eigenvalue weighted by Gasteiger charge is 2.40. The molecule has 3 rings (SSSR count). The first-order chi connectivity index (χ1) is 13.8. The van der Waals surface area contributed by atoms with Gasteiger partial charge in [0.15, 0.2) is 12.4 Å². The highest BCUT2D eigenvalue weighted by atomic mass is 19.4. The fraction of sp³-hybridized carbons (Fsp3) is 0.368. The number of rotatable bonds is 4. The summed E-state index contributed by atoms with van der Waals surface area (Å²) in [7, 11) is 1.00. The van der Waals surface area contributed by atoms with Gasteiger partial charge in [0.05, 0.1) is 18.3 Å². The number of carbonyl (C=O) groups is 1. The molecule has 1 aliphatic heterocycles. The maximum atomic E-state index is 12.6. The van der Waals surface area contributed by atoms with Gasteiger partial charge in [-0.2, -0.15) is 17.7 Å². The standard InChI is InChI=1S/C18H17F3N2O4.CH4O/c19-18(20,21)12-3-5-13(6-4-12)22-16(26)11-2-1-7-23(9-11)17-15(25)8-14(10-24)27-17;1-2/h1-7,9,14-15,17,24-25H,8,10H2;2H,1H3/p+1/t14?,15-,17?;/m1./s1. The zero-order chi connectivity index (χ0) is 21.6. The second-order valence-corrected chi connectivity index (χ2v) is 6.20. The summed E-state index contributed by atoms with van der Waals surface area (Å²) < 4.78 is 44.8. The summed E-state index contributed by atoms with van der Waals surface area (Å²) in [5, 5.41) is 28.7. The van der Waals surface area contributed by atoms with Gasteiger partial charge in [-0.1, -0.05) is 0 Å². The molecule has 3 atom stereocenters. The number of nitrogens with one attached hydrogen (secondary N) is 1. The number of halogens is 3. The molecule has 29 heavy (non-hydrogen) atoms. The fourth-order valence-corrected chi connectivity index (χ4v) is 2.85. The van der Waals surface area contributed by atoms with Crippen LogP contribution in [0.15, 0.2) is 48.8 Å². The number of ether oxygens (including phenoxy) is 1. The number of hydrogen-bond acceptors (Lipinski definition) is 5. The molecule has 0 saturated carbocycles. The monoisotopic (exact) mass is 415 g/mol. The molecule has 1 fully saturated rings. The van der Waals surface area contributed by atoms with E-state index in [0.29, 0.717) is 0 Å². The topological polar surface area (TPSA) is 103 Å². The number of hydrogen-bond donors (Lipinski definition) is 4. The lowest BCUT2D eigenvalue weighted by atomic mass is 10.2. The van der Waals surface area contributed by atoms with Crippen molar-refractivity contribution in [3.05, 3.63) is 59.9 Å². The van der Waals surface area contributed by atoms with Gasteiger partial charge in [-0.05, 0) is 30.3 Å². The van der Waals surface area contributed by atoms with Crippen LogP contribution < -0.4 is 9.88 Å². The van der Waals surface area contributed by atoms with E-state index < -0.39 is 36.1 Å². The van der Waals surface area contributed by atoms with Crippen molar-refractivity contribution in [3.8, 4) is 0 Å². The van der Waals surface area contributed by atoms with Crippen molar-refractivity contribution in [2.45, 2.75) is 31.0 Å². The van der Waals surface area contributed by atoms with Crippen LogP contribution in [-0.2, 0) is 10.9 Å². The van der Waals surface area contributed by atoms with Crippen molar-refractivity contribution in [2.75, 3.05) is 19.0 Å². The van der Waals surface area contributed by atoms with Crippen molar-refractivity contribution in [1.29, 1.82) is 0 Å². The average molecular weight is 415 g/mol. The number of pyridine rings is 1. The molecule has 7 nitrogen and oxygen atoms in total. The molecular weight excluding hydrogens is 393 g/mol. The van der Waals surface area contributed by atoms with Crippen LogP contribution in [0.4, 0.5) is 18.9 Å². The molecule has 0 bridgehead atoms. The SMILES string of the molecule is CO.O=C(Nc1ccc(C(F)(F)F)cc1)c1ccc[n+](C2OC(CO)C[C@H]2O)c1. The zero-order valence-electron chi connectivity index (χ0n) is 15.5. The Morgan fingerprint density at radius 1 is 1.24 bits per heavy atom. The van der Waals surface area contributed by atoms with E-state index in [1.165, 1.54) is 29.0 Å². The molecule has 1 saturated heterocycles. The first-order valence-electron chi connectivity index (χ1n) is 8.66. The number of nitrogens with zero attached hydrogens (tertiary/aromatic N) is 1. The van der Waals surface area contributed by atoms with Crippen LogP contribution >= 0.6 is 0 Å². The Bertz CT molecular complexity index is 814. The molecule has 10 heteroatoms. The van der Waals surface area contributed by atoms with Crippen molar-refractivity contribution in [1.82, 2.24) is 0 Å². The van der Waals surface area contributed by atoms with Crippen LogP contribution in [0.25, 0.3) is 0 Å². The molecule has 4 N–H and O–H groups in total. The minimum absolute atomic E-state index is 0.220. The first kappa shape index (κ1) is 22.8. The first-order valence-corrected chi connectivity index (χ1v) is 8.66. The van der Waals surface area contributed by atoms with E-state index in [-0.39, 0.29) is 24.3 Å². The predicted molar refractivity (Wildman–Crippen MR) is 95.8 cm³/mol. The molecule has 158 valence electrons. The molecule has 0 spiro atoms. The van der Waals surface area contributed by atoms with Crippen molar-refractivity contribution in [3.63, 3.8) is 0 Å². The van der Waals surface area contributed by atoms with Gasteiger partial charge in [0, 0.05) is 25.3 Å². The smallest absolute Gasteiger partial charge is 0.400 e. The number of aromatic nitrogens is 1. The number of aliphatic hydroxyl groups excluding tert-OH is 3. The molecule has 1 amide bonds. The Morgan fingerprint density at radius 3 is 2.45 bits per heavy atom. The molecule has 2 unspecified atom stereocenters. The number of amides is 1. The Balaban J connectivity index is 0.00000145. The maximum Gasteiger partial charge on any atom is 0.416 e. The van der Waals surface area contributed by atoms with Gasteiger partial charge in [-0.25, -0.2) is 0 Å². The highest BCUT2D eigenvalue weighted by Crippen LogP contribution is 2.30. The van der Waals surface area contributed by atoms with Crippen LogP contribution in [0.2, 0.25) is 0 Å². The minimum atomic E-state index is -4.44. The Kier molecular flexibility index (Phi) is 7.68. The predicted octanol–water partition coefficient (Wildman–Crippen LogP) is 1.49. The number of alkyl halides is 3. The van der Waals surface area contributed by atoms with Crippen LogP contribution in [0.1, 0.15) is 28.6 Å². The summed E-state index contributed by atoms with van der Waals surface area (Å²) in [6.45, 7) is -0.220. The lowest BCUT2D eigenvalue weighted by molar-refractivity contribution is -0.765. The summed E-state index contributed by atoms with van der Waals surface area (Å²) in [6, 6.07) is 7.24. The average Bonchev–Trinajstić information content (AvgIpc) is 3.10. The van der Waals surface area contributed by atoms with Crippen molar-refractivity contribution >= 4 is 11.6 Å². The Hall–Kier alpha value is -2.53. The molecule has 2 aromatic rings. The summed E-state index contributed by atoms with van der Waals surface area (Å²) in [5.41, 5.74) is -0.342. The van der Waals surface area contributed by atoms with Crippen LogP contribution in [0, 0.1) is 0 Å². The lowest BCUT2D eigenvalue weighted by Gasteiger charge is -2.11. The fourth-order valence-electron chi connectivity index (χ4n) is 2.85. The normalized spacial score (nSPS) is 21.3. The van der Waals surface area contributed by atoms with Crippen LogP contribution in [0.5, 0.6) is 0 Å². The highest BCUT2D eigenvalue weighted by molar-refractivity contribution is 6.03. The van der Waals surface area contributed by atoms with Gasteiger partial charge < -0.3 is 25.4 Å². The molecule has 0 aliphatic carbocycles. The minimum Gasteiger partial charge on any atom is -0.400 e. The van der Waals surface area contributed by atoms with Gasteiger partial charge >= 0.3 is 6.18 Å². The van der Waals surface area contributed by atoms with Gasteiger partial charge in [-0.3, -0.25) is 4.79 Å². The van der Waals surface area contributed by atoms with Gasteiger partial charge in [0.2, 0.25) is 0 Å². The third-order valence-electron chi connectivity index (χ3n) is 4.22. The third-order valence-corrected chi connectivity index (χ3v) is 4.22. The van der Waals surface area contributed by atoms with E-state index in [2.05, 4.69) is 5.32 Å². The van der Waals surface area contributed by atoms with Gasteiger partial charge in [0.1, 0.15) is 11.7 Å². The van der Waals surface area contributed by atoms with E-state index in [4.69, 9.17) is 14.9 Å². The van der Waals surface area contributed by atoms with E-state index in [1.54, 1.807) is 12.3 Å². The largest absolute Gasteiger partial charge is 0.416 e. The molecule has 1 aliphatic rings. The molecule has 0 radical (unpaired) electrons. The molecule has 2 heterocycles. The van der Waals surface area contributed by atoms with Gasteiger partial charge in [-0.15, -0.1) is 0 Å². The quantitative estimate of drug-likeness (QED) is 0.567. The molecule has 1 aromatic carbocycles. The molecular formula is C19H22F3N2O5+.